The zero-order valence-corrected chi connectivity index (χ0v) is 16.0. The van der Waals surface area contributed by atoms with E-state index in [1.807, 2.05) is 41.1 Å². The summed E-state index contributed by atoms with van der Waals surface area (Å²) in [6, 6.07) is 16.5. The monoisotopic (exact) mass is 393 g/mol. The highest BCUT2D eigenvalue weighted by atomic mass is 16.5. The molecule has 1 fully saturated rings. The van der Waals surface area contributed by atoms with E-state index < -0.39 is 0 Å². The van der Waals surface area contributed by atoms with Crippen LogP contribution >= 0.6 is 0 Å². The molecule has 3 aromatic rings. The van der Waals surface area contributed by atoms with Crippen LogP contribution < -0.4 is 15.6 Å². The van der Waals surface area contributed by atoms with E-state index in [9.17, 15) is 9.59 Å². The maximum Gasteiger partial charge on any atom is 0.269 e. The molecule has 29 heavy (non-hydrogen) atoms. The predicted octanol–water partition coefficient (Wildman–Crippen LogP) is 2.66. The molecule has 7 nitrogen and oxygen atoms in total. The van der Waals surface area contributed by atoms with E-state index in [0.29, 0.717) is 17.9 Å². The fraction of sp³-hybridized carbons (Fsp3) is 0.273. The molecular weight excluding hydrogens is 370 g/mol. The Morgan fingerprint density at radius 1 is 1.07 bits per heavy atom. The van der Waals surface area contributed by atoms with Crippen LogP contribution in [0.5, 0.6) is 5.75 Å². The van der Waals surface area contributed by atoms with E-state index in [4.69, 9.17) is 9.47 Å². The van der Waals surface area contributed by atoms with Crippen molar-refractivity contribution in [3.63, 3.8) is 0 Å². The molecule has 0 aliphatic carbocycles. The molecule has 1 aliphatic rings. The van der Waals surface area contributed by atoms with Gasteiger partial charge >= 0.3 is 0 Å². The Morgan fingerprint density at radius 2 is 1.90 bits per heavy atom. The van der Waals surface area contributed by atoms with E-state index in [0.717, 1.165) is 30.4 Å². The molecule has 1 aromatic heterocycles. The van der Waals surface area contributed by atoms with Crippen LogP contribution in [0.1, 0.15) is 23.2 Å². The van der Waals surface area contributed by atoms with Gasteiger partial charge < -0.3 is 14.0 Å². The minimum atomic E-state index is -0.388. The maximum atomic E-state index is 12.2. The summed E-state index contributed by atoms with van der Waals surface area (Å²) < 4.78 is 13.0. The summed E-state index contributed by atoms with van der Waals surface area (Å²) in [5.74, 6) is -0.0156. The Labute approximate surface area is 168 Å². The molecule has 150 valence electrons. The zero-order valence-electron chi connectivity index (χ0n) is 16.0. The van der Waals surface area contributed by atoms with Crippen molar-refractivity contribution in [1.29, 1.82) is 0 Å². The Hall–Kier alpha value is -3.32. The molecule has 0 spiro atoms. The maximum absolute atomic E-state index is 12.2. The highest BCUT2D eigenvalue weighted by Gasteiger charge is 2.16. The highest BCUT2D eigenvalue weighted by Crippen LogP contribution is 2.17. The molecule has 2 aromatic carbocycles. The second kappa shape index (κ2) is 8.79. The summed E-state index contributed by atoms with van der Waals surface area (Å²) in [6.07, 6.45) is 4.07. The fourth-order valence-electron chi connectivity index (χ4n) is 3.34. The average Bonchev–Trinajstić information content (AvgIpc) is 3.41. The third kappa shape index (κ3) is 4.75. The lowest BCUT2D eigenvalue weighted by atomic mass is 10.2. The standard InChI is InChI=1S/C22H23N3O4/c26-21(14-25-12-11-16-4-1-2-6-20(16)25)23-24-22(27)17-7-9-18(10-8-17)29-15-19-5-3-13-28-19/h1-2,4,6-12,19H,3,5,13-15H2,(H,23,26)(H,24,27). The van der Waals surface area contributed by atoms with Gasteiger partial charge in [-0.05, 0) is 54.6 Å². The molecule has 1 unspecified atom stereocenters. The number of amides is 2. The van der Waals surface area contributed by atoms with Gasteiger partial charge in [0.05, 0.1) is 6.10 Å². The first-order chi connectivity index (χ1) is 14.2. The first-order valence-electron chi connectivity index (χ1n) is 9.66. The smallest absolute Gasteiger partial charge is 0.269 e. The van der Waals surface area contributed by atoms with Gasteiger partial charge in [0.1, 0.15) is 18.9 Å². The number of carbonyl (C=O) groups excluding carboxylic acids is 2. The molecule has 2 heterocycles. The van der Waals surface area contributed by atoms with Crippen LogP contribution in [0.15, 0.2) is 60.8 Å². The summed E-state index contributed by atoms with van der Waals surface area (Å²) in [4.78, 5) is 24.4. The predicted molar refractivity (Wildman–Crippen MR) is 108 cm³/mol. The number of benzene rings is 2. The number of hydrazine groups is 1. The molecule has 0 radical (unpaired) electrons. The largest absolute Gasteiger partial charge is 0.491 e. The summed E-state index contributed by atoms with van der Waals surface area (Å²) in [7, 11) is 0. The van der Waals surface area contributed by atoms with Gasteiger partial charge in [0.25, 0.3) is 11.8 Å². The van der Waals surface area contributed by atoms with Crippen molar-refractivity contribution < 1.29 is 19.1 Å². The molecule has 1 saturated heterocycles. The molecule has 0 saturated carbocycles. The van der Waals surface area contributed by atoms with Crippen LogP contribution in [0.4, 0.5) is 0 Å². The first-order valence-corrected chi connectivity index (χ1v) is 9.66. The van der Waals surface area contributed by atoms with Gasteiger partial charge in [-0.1, -0.05) is 18.2 Å². The third-order valence-electron chi connectivity index (χ3n) is 4.89. The van der Waals surface area contributed by atoms with Gasteiger partial charge in [-0.15, -0.1) is 0 Å². The minimum absolute atomic E-state index is 0.115. The van der Waals surface area contributed by atoms with E-state index in [2.05, 4.69) is 10.9 Å². The fourth-order valence-corrected chi connectivity index (χ4v) is 3.34. The van der Waals surface area contributed by atoms with Gasteiger partial charge in [0, 0.05) is 23.9 Å². The Kier molecular flexibility index (Phi) is 5.76. The van der Waals surface area contributed by atoms with Crippen molar-refractivity contribution in [1.82, 2.24) is 15.4 Å². The SMILES string of the molecule is O=C(Cn1ccc2ccccc21)NNC(=O)c1ccc(OCC2CCCO2)cc1. The Bertz CT molecular complexity index is 991. The number of hydrogen-bond acceptors (Lipinski definition) is 4. The van der Waals surface area contributed by atoms with Crippen molar-refractivity contribution in [2.24, 2.45) is 0 Å². The second-order valence-electron chi connectivity index (χ2n) is 6.98. The summed E-state index contributed by atoms with van der Waals surface area (Å²) in [5.41, 5.74) is 6.29. The molecule has 7 heteroatoms. The quantitative estimate of drug-likeness (QED) is 0.631. The average molecular weight is 393 g/mol. The number of aromatic nitrogens is 1. The van der Waals surface area contributed by atoms with Gasteiger partial charge in [0.15, 0.2) is 0 Å². The number of para-hydroxylation sites is 1. The number of ether oxygens (including phenoxy) is 2. The number of carbonyl (C=O) groups is 2. The molecule has 4 rings (SSSR count). The van der Waals surface area contributed by atoms with Crippen molar-refractivity contribution in [3.05, 3.63) is 66.4 Å². The van der Waals surface area contributed by atoms with Crippen LogP contribution in [0.3, 0.4) is 0 Å². The number of rotatable bonds is 6. The summed E-state index contributed by atoms with van der Waals surface area (Å²) in [6.45, 7) is 1.42. The summed E-state index contributed by atoms with van der Waals surface area (Å²) >= 11 is 0. The topological polar surface area (TPSA) is 81.6 Å². The van der Waals surface area contributed by atoms with Gasteiger partial charge in [0.2, 0.25) is 0 Å². The molecule has 2 amide bonds. The van der Waals surface area contributed by atoms with Crippen LogP contribution in [-0.2, 0) is 16.1 Å². The van der Waals surface area contributed by atoms with Crippen LogP contribution in [0.2, 0.25) is 0 Å². The third-order valence-corrected chi connectivity index (χ3v) is 4.89. The van der Waals surface area contributed by atoms with Gasteiger partial charge in [-0.3, -0.25) is 20.4 Å². The Morgan fingerprint density at radius 3 is 2.69 bits per heavy atom. The molecular formula is C22H23N3O4. The van der Waals surface area contributed by atoms with Crippen LogP contribution in [-0.4, -0.2) is 35.7 Å². The number of fused-ring (bicyclic) bond motifs is 1. The number of hydrogen-bond donors (Lipinski definition) is 2. The molecule has 2 N–H and O–H groups in total. The van der Waals surface area contributed by atoms with Crippen molar-refractivity contribution in [2.45, 2.75) is 25.5 Å². The van der Waals surface area contributed by atoms with Crippen molar-refractivity contribution >= 4 is 22.7 Å². The molecule has 1 aliphatic heterocycles. The van der Waals surface area contributed by atoms with Gasteiger partial charge in [-0.25, -0.2) is 0 Å². The second-order valence-corrected chi connectivity index (χ2v) is 6.98. The van der Waals surface area contributed by atoms with Crippen LogP contribution in [0, 0.1) is 0 Å². The van der Waals surface area contributed by atoms with Crippen LogP contribution in [0.25, 0.3) is 10.9 Å². The lowest BCUT2D eigenvalue weighted by Gasteiger charge is -2.12. The van der Waals surface area contributed by atoms with E-state index in [-0.39, 0.29) is 24.5 Å². The van der Waals surface area contributed by atoms with Crippen molar-refractivity contribution in [3.8, 4) is 5.75 Å². The van der Waals surface area contributed by atoms with Crippen molar-refractivity contribution in [2.75, 3.05) is 13.2 Å². The number of nitrogens with zero attached hydrogens (tertiary/aromatic N) is 1. The summed E-state index contributed by atoms with van der Waals surface area (Å²) in [5, 5.41) is 1.06. The van der Waals surface area contributed by atoms with E-state index in [1.54, 1.807) is 24.3 Å². The van der Waals surface area contributed by atoms with E-state index >= 15 is 0 Å². The molecule has 0 bridgehead atoms. The molecule has 1 atom stereocenters. The van der Waals surface area contributed by atoms with Gasteiger partial charge in [-0.2, -0.15) is 0 Å². The van der Waals surface area contributed by atoms with E-state index in [1.165, 1.54) is 0 Å². The lowest BCUT2D eigenvalue weighted by Crippen LogP contribution is -2.43. The first kappa shape index (κ1) is 19.0. The lowest BCUT2D eigenvalue weighted by molar-refractivity contribution is -0.122. The minimum Gasteiger partial charge on any atom is -0.491 e. The normalized spacial score (nSPS) is 15.9. The number of nitrogens with one attached hydrogen (secondary N) is 2. The highest BCUT2D eigenvalue weighted by molar-refractivity contribution is 5.95. The zero-order chi connectivity index (χ0) is 20.1. The Balaban J connectivity index is 1.26.